The van der Waals surface area contributed by atoms with Gasteiger partial charge in [-0.15, -0.1) is 0 Å². The van der Waals surface area contributed by atoms with E-state index in [0.717, 1.165) is 16.3 Å². The zero-order valence-corrected chi connectivity index (χ0v) is 21.5. The van der Waals surface area contributed by atoms with Crippen molar-refractivity contribution < 1.29 is 14.3 Å². The Bertz CT molecular complexity index is 1280. The van der Waals surface area contributed by atoms with Crippen LogP contribution in [0.1, 0.15) is 22.6 Å². The number of nitrogens with one attached hydrogen (secondary N) is 1. The summed E-state index contributed by atoms with van der Waals surface area (Å²) in [6, 6.07) is 36.1. The number of rotatable bonds is 9. The fourth-order valence-electron chi connectivity index (χ4n) is 4.77. The molecule has 5 rings (SSSR count). The van der Waals surface area contributed by atoms with Crippen molar-refractivity contribution in [3.05, 3.63) is 126 Å². The molecule has 0 saturated carbocycles. The summed E-state index contributed by atoms with van der Waals surface area (Å²) >= 11 is -0.126. The number of aldehydes is 1. The molecule has 0 heterocycles. The number of amides is 1. The average Bonchev–Trinajstić information content (AvgIpc) is 3.25. The Balaban J connectivity index is 1.31. The maximum atomic E-state index is 13.1. The van der Waals surface area contributed by atoms with E-state index >= 15 is 0 Å². The third-order valence-corrected chi connectivity index (χ3v) is 9.13. The van der Waals surface area contributed by atoms with Crippen LogP contribution in [0.4, 0.5) is 4.79 Å². The van der Waals surface area contributed by atoms with Gasteiger partial charge in [0.15, 0.2) is 0 Å². The molecule has 0 unspecified atom stereocenters. The van der Waals surface area contributed by atoms with E-state index in [1.807, 2.05) is 84.9 Å². The Morgan fingerprint density at radius 3 is 1.97 bits per heavy atom. The minimum atomic E-state index is -0.492. The molecule has 0 saturated heterocycles. The van der Waals surface area contributed by atoms with Crippen LogP contribution >= 0.6 is 0 Å². The summed E-state index contributed by atoms with van der Waals surface area (Å²) in [6.07, 6.45) is 1.04. The van der Waals surface area contributed by atoms with Crippen LogP contribution in [-0.2, 0) is 16.0 Å². The average molecular weight is 541 g/mol. The van der Waals surface area contributed by atoms with E-state index in [-0.39, 0.29) is 38.3 Å². The summed E-state index contributed by atoms with van der Waals surface area (Å²) in [7, 11) is 0. The van der Waals surface area contributed by atoms with Crippen LogP contribution in [0.2, 0.25) is 4.82 Å². The van der Waals surface area contributed by atoms with Crippen LogP contribution in [0.15, 0.2) is 109 Å². The van der Waals surface area contributed by atoms with Gasteiger partial charge in [0.25, 0.3) is 0 Å². The molecular weight excluding hydrogens is 513 g/mol. The molecule has 0 bridgehead atoms. The molecule has 180 valence electrons. The van der Waals surface area contributed by atoms with E-state index in [9.17, 15) is 9.59 Å². The predicted octanol–water partition coefficient (Wildman–Crippen LogP) is 5.15. The molecule has 2 atom stereocenters. The number of hydrogen-bond donors (Lipinski definition) is 1. The molecule has 1 N–H and O–H groups in total. The normalized spacial score (nSPS) is 13.8. The summed E-state index contributed by atoms with van der Waals surface area (Å²) in [5, 5.41) is 3.03. The third kappa shape index (κ3) is 5.43. The van der Waals surface area contributed by atoms with Gasteiger partial charge in [0, 0.05) is 0 Å². The fourth-order valence-corrected chi connectivity index (χ4v) is 6.89. The zero-order chi connectivity index (χ0) is 24.7. The standard InChI is InChI=1S/C31H27NO3Se/c33-20-30(36-23-13-5-2-6-14-23)29(19-22-11-3-1-4-12-22)32-31(34)35-21-28-26-17-9-7-15-24(26)25-16-8-10-18-27(25)28/h1-18,20,28-30H,19,21H2,(H,32,34)/t29-,30+/m0/s1. The van der Waals surface area contributed by atoms with Crippen molar-refractivity contribution in [2.45, 2.75) is 23.2 Å². The molecule has 0 fully saturated rings. The van der Waals surface area contributed by atoms with Crippen molar-refractivity contribution in [3.63, 3.8) is 0 Å². The summed E-state index contributed by atoms with van der Waals surface area (Å²) in [5.74, 6) is -0.00821. The molecule has 1 aliphatic carbocycles. The quantitative estimate of drug-likeness (QED) is 0.236. The topological polar surface area (TPSA) is 55.4 Å². The zero-order valence-electron chi connectivity index (χ0n) is 19.7. The molecule has 1 aliphatic rings. The van der Waals surface area contributed by atoms with Crippen LogP contribution in [0.25, 0.3) is 11.1 Å². The van der Waals surface area contributed by atoms with Gasteiger partial charge in [0.05, 0.1) is 0 Å². The summed E-state index contributed by atoms with van der Waals surface area (Å²) < 4.78 is 6.91. The van der Waals surface area contributed by atoms with E-state index in [1.54, 1.807) is 0 Å². The number of fused-ring (bicyclic) bond motifs is 3. The number of hydrogen-bond acceptors (Lipinski definition) is 3. The van der Waals surface area contributed by atoms with Gasteiger partial charge in [0.2, 0.25) is 0 Å². The molecule has 36 heavy (non-hydrogen) atoms. The van der Waals surface area contributed by atoms with Gasteiger partial charge in [-0.2, -0.15) is 0 Å². The molecule has 5 heteroatoms. The van der Waals surface area contributed by atoms with Crippen molar-refractivity contribution >= 4 is 31.8 Å². The van der Waals surface area contributed by atoms with Crippen molar-refractivity contribution in [2.24, 2.45) is 0 Å². The number of ether oxygens (including phenoxy) is 1. The second-order valence-electron chi connectivity index (χ2n) is 8.80. The fraction of sp³-hybridized carbons (Fsp3) is 0.161. The van der Waals surface area contributed by atoms with Gasteiger partial charge < -0.3 is 0 Å². The van der Waals surface area contributed by atoms with Crippen LogP contribution in [0.5, 0.6) is 0 Å². The third-order valence-electron chi connectivity index (χ3n) is 6.49. The second-order valence-corrected chi connectivity index (χ2v) is 11.4. The number of benzene rings is 4. The SMILES string of the molecule is O=C[C@@H]([Se]c1ccccc1)[C@H](Cc1ccccc1)NC(=O)OCC1c2ccccc2-c2ccccc21. The van der Waals surface area contributed by atoms with Crippen LogP contribution in [-0.4, -0.2) is 40.0 Å². The van der Waals surface area contributed by atoms with E-state index in [1.165, 1.54) is 22.3 Å². The molecule has 0 radical (unpaired) electrons. The Morgan fingerprint density at radius 1 is 0.806 bits per heavy atom. The molecule has 4 aromatic carbocycles. The van der Waals surface area contributed by atoms with Gasteiger partial charge >= 0.3 is 218 Å². The van der Waals surface area contributed by atoms with E-state index in [2.05, 4.69) is 29.6 Å². The molecule has 0 spiro atoms. The monoisotopic (exact) mass is 541 g/mol. The number of alkyl carbamates (subject to hydrolysis) is 1. The number of carbonyl (C=O) groups excluding carboxylic acids is 2. The first kappa shape index (κ1) is 24.1. The first-order valence-electron chi connectivity index (χ1n) is 12.1. The number of carbonyl (C=O) groups is 2. The van der Waals surface area contributed by atoms with Crippen molar-refractivity contribution in [2.75, 3.05) is 6.61 Å². The van der Waals surface area contributed by atoms with E-state index in [4.69, 9.17) is 4.74 Å². The van der Waals surface area contributed by atoms with E-state index in [0.29, 0.717) is 6.42 Å². The summed E-state index contributed by atoms with van der Waals surface area (Å²) in [5.41, 5.74) is 5.79. The van der Waals surface area contributed by atoms with Crippen molar-refractivity contribution in [3.8, 4) is 11.1 Å². The minimum absolute atomic E-state index is 0.00821. The Hall–Kier alpha value is -3.66. The van der Waals surface area contributed by atoms with E-state index < -0.39 is 6.09 Å². The molecule has 0 aliphatic heterocycles. The molecule has 4 nitrogen and oxygen atoms in total. The first-order chi connectivity index (χ1) is 17.7. The van der Waals surface area contributed by atoms with Gasteiger partial charge in [-0.3, -0.25) is 0 Å². The van der Waals surface area contributed by atoms with Gasteiger partial charge in [-0.25, -0.2) is 0 Å². The van der Waals surface area contributed by atoms with Gasteiger partial charge in [-0.05, 0) is 0 Å². The first-order valence-corrected chi connectivity index (χ1v) is 13.9. The second kappa shape index (κ2) is 11.4. The molecule has 0 aromatic heterocycles. The summed E-state index contributed by atoms with van der Waals surface area (Å²) in [4.78, 5) is 24.9. The molecule has 4 aromatic rings. The maximum absolute atomic E-state index is 13.1. The Labute approximate surface area is 217 Å². The van der Waals surface area contributed by atoms with Crippen LogP contribution in [0, 0.1) is 0 Å². The Morgan fingerprint density at radius 2 is 1.36 bits per heavy atom. The molecular formula is C31H27NO3Se. The Kier molecular flexibility index (Phi) is 7.61. The van der Waals surface area contributed by atoms with Gasteiger partial charge in [-0.1, -0.05) is 0 Å². The van der Waals surface area contributed by atoms with Crippen LogP contribution < -0.4 is 9.78 Å². The van der Waals surface area contributed by atoms with Crippen molar-refractivity contribution in [1.29, 1.82) is 0 Å². The van der Waals surface area contributed by atoms with Crippen LogP contribution in [0.3, 0.4) is 0 Å². The molecule has 1 amide bonds. The summed E-state index contributed by atoms with van der Waals surface area (Å²) in [6.45, 7) is 0.244. The predicted molar refractivity (Wildman–Crippen MR) is 144 cm³/mol. The van der Waals surface area contributed by atoms with Crippen molar-refractivity contribution in [1.82, 2.24) is 5.32 Å². The van der Waals surface area contributed by atoms with Gasteiger partial charge in [0.1, 0.15) is 0 Å².